The van der Waals surface area contributed by atoms with Gasteiger partial charge < -0.3 is 10.2 Å². The van der Waals surface area contributed by atoms with Crippen molar-refractivity contribution in [2.75, 3.05) is 42.9 Å². The molecule has 1 fully saturated rings. The third-order valence-corrected chi connectivity index (χ3v) is 4.71. The van der Waals surface area contributed by atoms with Crippen LogP contribution < -0.4 is 10.2 Å². The van der Waals surface area contributed by atoms with E-state index in [1.54, 1.807) is 12.1 Å². The van der Waals surface area contributed by atoms with E-state index in [4.69, 9.17) is 0 Å². The Morgan fingerprint density at radius 1 is 1.00 bits per heavy atom. The molecule has 0 spiro atoms. The second-order valence-corrected chi connectivity index (χ2v) is 6.73. The molecule has 3 rings (SSSR count). The Morgan fingerprint density at radius 2 is 1.65 bits per heavy atom. The number of halogens is 1. The van der Waals surface area contributed by atoms with Crippen molar-refractivity contribution in [2.24, 2.45) is 0 Å². The summed E-state index contributed by atoms with van der Waals surface area (Å²) in [5.41, 5.74) is 2.77. The van der Waals surface area contributed by atoms with E-state index in [0.29, 0.717) is 0 Å². The number of nitrogens with one attached hydrogen (secondary N) is 1. The highest BCUT2D eigenvalue weighted by molar-refractivity contribution is 5.92. The van der Waals surface area contributed by atoms with E-state index in [9.17, 15) is 9.18 Å². The Morgan fingerprint density at radius 3 is 2.27 bits per heavy atom. The van der Waals surface area contributed by atoms with Gasteiger partial charge in [-0.05, 0) is 54.9 Å². The third kappa shape index (κ3) is 5.05. The zero-order chi connectivity index (χ0) is 18.4. The molecule has 0 unspecified atom stereocenters. The highest BCUT2D eigenvalue weighted by atomic mass is 19.1. The topological polar surface area (TPSA) is 35.6 Å². The van der Waals surface area contributed by atoms with Crippen molar-refractivity contribution in [2.45, 2.75) is 19.8 Å². The van der Waals surface area contributed by atoms with Gasteiger partial charge in [-0.1, -0.05) is 19.1 Å². The van der Waals surface area contributed by atoms with Crippen molar-refractivity contribution in [1.29, 1.82) is 0 Å². The third-order valence-electron chi connectivity index (χ3n) is 4.71. The second-order valence-electron chi connectivity index (χ2n) is 6.73. The van der Waals surface area contributed by atoms with E-state index < -0.39 is 0 Å². The van der Waals surface area contributed by atoms with Crippen LogP contribution in [0.3, 0.4) is 0 Å². The van der Waals surface area contributed by atoms with Crippen LogP contribution in [0.1, 0.15) is 18.9 Å². The van der Waals surface area contributed by atoms with Gasteiger partial charge in [-0.3, -0.25) is 9.69 Å². The molecule has 5 heteroatoms. The van der Waals surface area contributed by atoms with Crippen LogP contribution in [0, 0.1) is 5.82 Å². The minimum Gasteiger partial charge on any atom is -0.369 e. The van der Waals surface area contributed by atoms with Gasteiger partial charge in [0.15, 0.2) is 0 Å². The summed E-state index contributed by atoms with van der Waals surface area (Å²) in [7, 11) is 0. The molecule has 1 saturated heterocycles. The standard InChI is InChI=1S/C21H26FN3O/c1-2-11-24-12-14-25(15-13-24)20-9-7-19(8-10-20)23-21(26)16-17-3-5-18(22)6-4-17/h3-10H,2,11-16H2,1H3,(H,23,26). The van der Waals surface area contributed by atoms with Crippen molar-refractivity contribution in [3.8, 4) is 0 Å². The fraction of sp³-hybridized carbons (Fsp3) is 0.381. The number of anilines is 2. The minimum absolute atomic E-state index is 0.0995. The van der Waals surface area contributed by atoms with Crippen LogP contribution in [-0.4, -0.2) is 43.5 Å². The number of carbonyl (C=O) groups is 1. The molecule has 1 aliphatic heterocycles. The first-order valence-corrected chi connectivity index (χ1v) is 9.25. The summed E-state index contributed by atoms with van der Waals surface area (Å²) < 4.78 is 12.9. The van der Waals surface area contributed by atoms with E-state index >= 15 is 0 Å². The number of benzene rings is 2. The molecule has 0 aromatic heterocycles. The Balaban J connectivity index is 1.51. The van der Waals surface area contributed by atoms with Gasteiger partial charge in [0.05, 0.1) is 6.42 Å². The maximum absolute atomic E-state index is 12.9. The average molecular weight is 355 g/mol. The van der Waals surface area contributed by atoms with Crippen LogP contribution in [0.5, 0.6) is 0 Å². The highest BCUT2D eigenvalue weighted by Gasteiger charge is 2.16. The molecule has 26 heavy (non-hydrogen) atoms. The number of hydrogen-bond acceptors (Lipinski definition) is 3. The molecule has 0 saturated carbocycles. The molecule has 1 heterocycles. The lowest BCUT2D eigenvalue weighted by Gasteiger charge is -2.36. The smallest absolute Gasteiger partial charge is 0.228 e. The number of amides is 1. The quantitative estimate of drug-likeness (QED) is 0.861. The first-order valence-electron chi connectivity index (χ1n) is 9.25. The van der Waals surface area contributed by atoms with Crippen molar-refractivity contribution in [1.82, 2.24) is 4.90 Å². The predicted octanol–water partition coefficient (Wildman–Crippen LogP) is 3.54. The molecule has 1 amide bonds. The number of piperazine rings is 1. The van der Waals surface area contributed by atoms with Crippen LogP contribution in [0.15, 0.2) is 48.5 Å². The lowest BCUT2D eigenvalue weighted by Crippen LogP contribution is -2.46. The fourth-order valence-electron chi connectivity index (χ4n) is 3.29. The SMILES string of the molecule is CCCN1CCN(c2ccc(NC(=O)Cc3ccc(F)cc3)cc2)CC1. The molecule has 0 atom stereocenters. The Labute approximate surface area is 154 Å². The van der Waals surface area contributed by atoms with E-state index in [2.05, 4.69) is 34.2 Å². The van der Waals surface area contributed by atoms with Gasteiger partial charge in [0.2, 0.25) is 5.91 Å². The molecular weight excluding hydrogens is 329 g/mol. The molecule has 1 N–H and O–H groups in total. The Hall–Kier alpha value is -2.40. The maximum atomic E-state index is 12.9. The molecule has 4 nitrogen and oxygen atoms in total. The van der Waals surface area contributed by atoms with Crippen LogP contribution in [0.4, 0.5) is 15.8 Å². The largest absolute Gasteiger partial charge is 0.369 e. The first kappa shape index (κ1) is 18.4. The Bertz CT molecular complexity index is 707. The van der Waals surface area contributed by atoms with Gasteiger partial charge in [-0.25, -0.2) is 4.39 Å². The van der Waals surface area contributed by atoms with Gasteiger partial charge in [-0.15, -0.1) is 0 Å². The molecule has 0 aliphatic carbocycles. The molecule has 0 bridgehead atoms. The molecule has 2 aromatic rings. The maximum Gasteiger partial charge on any atom is 0.228 e. The summed E-state index contributed by atoms with van der Waals surface area (Å²) in [6.45, 7) is 7.67. The zero-order valence-electron chi connectivity index (χ0n) is 15.2. The van der Waals surface area contributed by atoms with Gasteiger partial charge in [0.25, 0.3) is 0 Å². The monoisotopic (exact) mass is 355 g/mol. The number of hydrogen-bond donors (Lipinski definition) is 1. The minimum atomic E-state index is -0.291. The lowest BCUT2D eigenvalue weighted by atomic mass is 10.1. The van der Waals surface area contributed by atoms with Crippen LogP contribution in [0.2, 0.25) is 0 Å². The summed E-state index contributed by atoms with van der Waals surface area (Å²) in [6.07, 6.45) is 1.44. The summed E-state index contributed by atoms with van der Waals surface area (Å²) in [5, 5.41) is 2.90. The summed E-state index contributed by atoms with van der Waals surface area (Å²) in [6, 6.07) is 14.0. The first-order chi connectivity index (χ1) is 12.6. The van der Waals surface area contributed by atoms with E-state index in [1.807, 2.05) is 12.1 Å². The van der Waals surface area contributed by atoms with Gasteiger partial charge in [-0.2, -0.15) is 0 Å². The van der Waals surface area contributed by atoms with Gasteiger partial charge in [0, 0.05) is 37.6 Å². The van der Waals surface area contributed by atoms with E-state index in [1.165, 1.54) is 30.8 Å². The summed E-state index contributed by atoms with van der Waals surface area (Å²) in [4.78, 5) is 17.0. The molecule has 138 valence electrons. The number of nitrogens with zero attached hydrogens (tertiary/aromatic N) is 2. The molecule has 2 aromatic carbocycles. The molecule has 1 aliphatic rings. The lowest BCUT2D eigenvalue weighted by molar-refractivity contribution is -0.115. The van der Waals surface area contributed by atoms with Gasteiger partial charge >= 0.3 is 0 Å². The predicted molar refractivity (Wildman–Crippen MR) is 104 cm³/mol. The van der Waals surface area contributed by atoms with Gasteiger partial charge in [0.1, 0.15) is 5.82 Å². The fourth-order valence-corrected chi connectivity index (χ4v) is 3.29. The zero-order valence-corrected chi connectivity index (χ0v) is 15.2. The van der Waals surface area contributed by atoms with Crippen molar-refractivity contribution >= 4 is 17.3 Å². The van der Waals surface area contributed by atoms with Crippen LogP contribution in [-0.2, 0) is 11.2 Å². The van der Waals surface area contributed by atoms with Crippen molar-refractivity contribution in [3.05, 3.63) is 59.9 Å². The summed E-state index contributed by atoms with van der Waals surface area (Å²) in [5.74, 6) is -0.391. The second kappa shape index (κ2) is 8.81. The van der Waals surface area contributed by atoms with Crippen molar-refractivity contribution < 1.29 is 9.18 Å². The van der Waals surface area contributed by atoms with Crippen LogP contribution >= 0.6 is 0 Å². The average Bonchev–Trinajstić information content (AvgIpc) is 2.65. The van der Waals surface area contributed by atoms with E-state index in [0.717, 1.165) is 37.4 Å². The number of carbonyl (C=O) groups excluding carboxylic acids is 1. The van der Waals surface area contributed by atoms with E-state index in [-0.39, 0.29) is 18.1 Å². The number of rotatable bonds is 6. The molecule has 0 radical (unpaired) electrons. The summed E-state index contributed by atoms with van der Waals surface area (Å²) >= 11 is 0. The normalized spacial score (nSPS) is 15.1. The van der Waals surface area contributed by atoms with Crippen molar-refractivity contribution in [3.63, 3.8) is 0 Å². The molecular formula is C21H26FN3O. The van der Waals surface area contributed by atoms with Crippen LogP contribution in [0.25, 0.3) is 0 Å². The highest BCUT2D eigenvalue weighted by Crippen LogP contribution is 2.20. The Kier molecular flexibility index (Phi) is 6.23.